The average molecular weight is 559 g/mol. The summed E-state index contributed by atoms with van der Waals surface area (Å²) in [5.74, 6) is -1.50. The van der Waals surface area contributed by atoms with Crippen LogP contribution in [0, 0.1) is 0 Å². The van der Waals surface area contributed by atoms with E-state index in [-0.39, 0.29) is 57.2 Å². The van der Waals surface area contributed by atoms with Gasteiger partial charge < -0.3 is 28.4 Å². The molecule has 10 heteroatoms. The summed E-state index contributed by atoms with van der Waals surface area (Å²) in [6.07, 6.45) is -0.248. The van der Waals surface area contributed by atoms with Crippen LogP contribution in [0.25, 0.3) is 21.5 Å². The maximum atomic E-state index is 13.9. The molecule has 0 N–H and O–H groups in total. The predicted octanol–water partition coefficient (Wildman–Crippen LogP) is 4.30. The first-order valence-corrected chi connectivity index (χ1v) is 12.4. The van der Waals surface area contributed by atoms with E-state index in [2.05, 4.69) is 0 Å². The summed E-state index contributed by atoms with van der Waals surface area (Å²) < 4.78 is 33.2. The van der Waals surface area contributed by atoms with Crippen LogP contribution >= 0.6 is 0 Å². The lowest BCUT2D eigenvalue weighted by Crippen LogP contribution is -2.23. The van der Waals surface area contributed by atoms with E-state index in [1.54, 1.807) is 30.3 Å². The summed E-state index contributed by atoms with van der Waals surface area (Å²) in [5.41, 5.74) is 0.865. The van der Waals surface area contributed by atoms with Crippen LogP contribution in [0.15, 0.2) is 36.4 Å². The Balaban J connectivity index is 2.08. The van der Waals surface area contributed by atoms with Gasteiger partial charge in [0, 0.05) is 27.3 Å². The quantitative estimate of drug-likeness (QED) is 0.211. The number of hydrogen-bond donors (Lipinski definition) is 0. The molecule has 0 bridgehead atoms. The van der Waals surface area contributed by atoms with Crippen LogP contribution in [0.3, 0.4) is 0 Å². The Morgan fingerprint density at radius 1 is 0.659 bits per heavy atom. The number of fused-ring (bicyclic) bond motifs is 5. The minimum absolute atomic E-state index is 0.00964. The molecule has 0 aromatic heterocycles. The van der Waals surface area contributed by atoms with E-state index in [4.69, 9.17) is 28.4 Å². The maximum absolute atomic E-state index is 13.9. The molecule has 210 valence electrons. The van der Waals surface area contributed by atoms with Crippen molar-refractivity contribution in [3.63, 3.8) is 0 Å². The third-order valence-electron chi connectivity index (χ3n) is 7.26. The highest BCUT2D eigenvalue weighted by Gasteiger charge is 2.39. The van der Waals surface area contributed by atoms with Gasteiger partial charge in [-0.05, 0) is 17.7 Å². The zero-order valence-corrected chi connectivity index (χ0v) is 23.3. The van der Waals surface area contributed by atoms with Gasteiger partial charge in [-0.15, -0.1) is 0 Å². The first kappa shape index (κ1) is 27.4. The van der Waals surface area contributed by atoms with Gasteiger partial charge in [-0.2, -0.15) is 0 Å². The van der Waals surface area contributed by atoms with E-state index < -0.39 is 23.5 Å². The number of methoxy groups -OCH3 is 6. The van der Waals surface area contributed by atoms with Crippen molar-refractivity contribution in [2.75, 3.05) is 42.7 Å². The largest absolute Gasteiger partial charge is 0.496 e. The Morgan fingerprint density at radius 2 is 1.20 bits per heavy atom. The third-order valence-corrected chi connectivity index (χ3v) is 7.26. The first-order valence-electron chi connectivity index (χ1n) is 12.4. The molecule has 4 aromatic rings. The minimum atomic E-state index is -0.720. The van der Waals surface area contributed by atoms with E-state index in [0.29, 0.717) is 27.1 Å². The molecule has 0 aliphatic heterocycles. The SMILES string of the molecule is COC(=O)Cc1cc(OC)c2c(cc(OC)c3c(OC)c4c(c(OC)c32)C(=O)c2ccccc2C4=O)c1C(=O)OC. The summed E-state index contributed by atoms with van der Waals surface area (Å²) in [5, 5.41) is 1.29. The van der Waals surface area contributed by atoms with Gasteiger partial charge in [0.1, 0.15) is 23.0 Å². The number of esters is 2. The van der Waals surface area contributed by atoms with Crippen LogP contribution < -0.4 is 18.9 Å². The van der Waals surface area contributed by atoms with Crippen LogP contribution in [-0.4, -0.2) is 66.2 Å². The fourth-order valence-corrected chi connectivity index (χ4v) is 5.54. The lowest BCUT2D eigenvalue weighted by Gasteiger charge is -2.26. The van der Waals surface area contributed by atoms with Gasteiger partial charge in [0.15, 0.2) is 11.6 Å². The number of hydrogen-bond acceptors (Lipinski definition) is 10. The van der Waals surface area contributed by atoms with Crippen molar-refractivity contribution in [2.45, 2.75) is 6.42 Å². The van der Waals surface area contributed by atoms with Gasteiger partial charge in [-0.3, -0.25) is 14.4 Å². The fourth-order valence-electron chi connectivity index (χ4n) is 5.54. The number of rotatable bonds is 7. The Morgan fingerprint density at radius 3 is 1.68 bits per heavy atom. The Kier molecular flexibility index (Phi) is 7.00. The zero-order chi connectivity index (χ0) is 29.6. The van der Waals surface area contributed by atoms with Crippen LogP contribution in [-0.2, 0) is 20.7 Å². The molecule has 0 unspecified atom stereocenters. The smallest absolute Gasteiger partial charge is 0.338 e. The number of benzene rings is 4. The standard InChI is InChI=1S/C31H26O10/c1-36-18-11-14(12-20(32)38-3)21(31(35)41-6)17-13-19(37-2)23-24(22(17)18)30(40-5)26-25(29(23)39-4)27(33)15-9-7-8-10-16(15)28(26)34/h7-11,13H,12H2,1-6H3. The molecule has 4 aromatic carbocycles. The molecule has 41 heavy (non-hydrogen) atoms. The summed E-state index contributed by atoms with van der Waals surface area (Å²) in [4.78, 5) is 53.2. The molecule has 1 aliphatic carbocycles. The fraction of sp³-hybridized carbons (Fsp3) is 0.226. The van der Waals surface area contributed by atoms with Gasteiger partial charge in [0.05, 0.1) is 71.2 Å². The van der Waals surface area contributed by atoms with Crippen molar-refractivity contribution in [1.82, 2.24) is 0 Å². The molecular weight excluding hydrogens is 532 g/mol. The summed E-state index contributed by atoms with van der Waals surface area (Å²) in [7, 11) is 8.08. The van der Waals surface area contributed by atoms with E-state index >= 15 is 0 Å². The van der Waals surface area contributed by atoms with Crippen molar-refractivity contribution in [3.8, 4) is 23.0 Å². The van der Waals surface area contributed by atoms with Crippen molar-refractivity contribution >= 4 is 45.0 Å². The van der Waals surface area contributed by atoms with Crippen molar-refractivity contribution in [3.05, 3.63) is 69.8 Å². The molecule has 0 heterocycles. The topological polar surface area (TPSA) is 124 Å². The summed E-state index contributed by atoms with van der Waals surface area (Å²) >= 11 is 0. The molecule has 0 fully saturated rings. The number of ether oxygens (including phenoxy) is 6. The van der Waals surface area contributed by atoms with Gasteiger partial charge in [-0.25, -0.2) is 4.79 Å². The minimum Gasteiger partial charge on any atom is -0.496 e. The normalized spacial score (nSPS) is 12.0. The summed E-state index contributed by atoms with van der Waals surface area (Å²) in [6.45, 7) is 0. The van der Waals surface area contributed by atoms with Gasteiger partial charge >= 0.3 is 11.9 Å². The molecule has 0 spiro atoms. The number of carbonyl (C=O) groups is 4. The zero-order valence-electron chi connectivity index (χ0n) is 23.3. The number of ketones is 2. The molecule has 1 aliphatic rings. The Hall–Kier alpha value is -5.12. The lowest BCUT2D eigenvalue weighted by molar-refractivity contribution is -0.139. The van der Waals surface area contributed by atoms with Crippen molar-refractivity contribution in [2.24, 2.45) is 0 Å². The molecule has 10 nitrogen and oxygen atoms in total. The molecule has 0 saturated heterocycles. The third kappa shape index (κ3) is 3.94. The van der Waals surface area contributed by atoms with Gasteiger partial charge in [0.25, 0.3) is 0 Å². The molecule has 0 saturated carbocycles. The van der Waals surface area contributed by atoms with E-state index in [0.717, 1.165) is 0 Å². The summed E-state index contributed by atoms with van der Waals surface area (Å²) in [6, 6.07) is 9.62. The van der Waals surface area contributed by atoms with Crippen LogP contribution in [0.2, 0.25) is 0 Å². The average Bonchev–Trinajstić information content (AvgIpc) is 3.00. The monoisotopic (exact) mass is 558 g/mol. The molecule has 0 radical (unpaired) electrons. The van der Waals surface area contributed by atoms with Crippen molar-refractivity contribution in [1.29, 1.82) is 0 Å². The molecular formula is C31H26O10. The Labute approximate surface area is 234 Å². The Bertz CT molecular complexity index is 1800. The van der Waals surface area contributed by atoms with E-state index in [1.807, 2.05) is 0 Å². The highest BCUT2D eigenvalue weighted by Crippen LogP contribution is 2.53. The lowest BCUT2D eigenvalue weighted by atomic mass is 9.80. The van der Waals surface area contributed by atoms with Crippen LogP contribution in [0.1, 0.15) is 47.8 Å². The van der Waals surface area contributed by atoms with Crippen LogP contribution in [0.4, 0.5) is 0 Å². The van der Waals surface area contributed by atoms with Crippen molar-refractivity contribution < 1.29 is 47.6 Å². The highest BCUT2D eigenvalue weighted by molar-refractivity contribution is 6.35. The molecule has 0 atom stereocenters. The van der Waals surface area contributed by atoms with E-state index in [1.165, 1.54) is 48.7 Å². The molecule has 5 rings (SSSR count). The molecule has 0 amide bonds. The maximum Gasteiger partial charge on any atom is 0.338 e. The number of carbonyl (C=O) groups excluding carboxylic acids is 4. The van der Waals surface area contributed by atoms with Crippen LogP contribution in [0.5, 0.6) is 23.0 Å². The first-order chi connectivity index (χ1) is 19.8. The second-order valence-electron chi connectivity index (χ2n) is 9.13. The van der Waals surface area contributed by atoms with Gasteiger partial charge in [0.2, 0.25) is 0 Å². The predicted molar refractivity (Wildman–Crippen MR) is 148 cm³/mol. The van der Waals surface area contributed by atoms with E-state index in [9.17, 15) is 19.2 Å². The second kappa shape index (κ2) is 10.5. The van der Waals surface area contributed by atoms with Gasteiger partial charge in [-0.1, -0.05) is 24.3 Å². The second-order valence-corrected chi connectivity index (χ2v) is 9.13. The highest BCUT2D eigenvalue weighted by atomic mass is 16.5.